The van der Waals surface area contributed by atoms with Crippen molar-refractivity contribution in [3.63, 3.8) is 0 Å². The lowest BCUT2D eigenvalue weighted by Crippen LogP contribution is -2.44. The van der Waals surface area contributed by atoms with Crippen LogP contribution in [0.25, 0.3) is 0 Å². The summed E-state index contributed by atoms with van der Waals surface area (Å²) in [4.78, 5) is 0.793. The Hall–Kier alpha value is -2.96. The lowest BCUT2D eigenvalue weighted by atomic mass is 10.0. The van der Waals surface area contributed by atoms with Gasteiger partial charge in [0.05, 0.1) is 24.8 Å². The molecule has 5 nitrogen and oxygen atoms in total. The molecule has 0 heterocycles. The van der Waals surface area contributed by atoms with Crippen LogP contribution in [0.5, 0.6) is 5.75 Å². The van der Waals surface area contributed by atoms with Crippen LogP contribution >= 0.6 is 11.9 Å². The van der Waals surface area contributed by atoms with Crippen LogP contribution in [0.2, 0.25) is 0 Å². The molecule has 0 saturated carbocycles. The van der Waals surface area contributed by atoms with Crippen molar-refractivity contribution in [2.24, 2.45) is 0 Å². The van der Waals surface area contributed by atoms with Gasteiger partial charge in [-0.15, -0.1) is 0 Å². The Morgan fingerprint density at radius 1 is 1.00 bits per heavy atom. The summed E-state index contributed by atoms with van der Waals surface area (Å²) in [6.07, 6.45) is -0.643. The third kappa shape index (κ3) is 9.67. The van der Waals surface area contributed by atoms with Crippen molar-refractivity contribution in [2.75, 3.05) is 13.7 Å². The number of methoxy groups -OCH3 is 1. The van der Waals surface area contributed by atoms with Crippen LogP contribution in [0.4, 0.5) is 8.78 Å². The fourth-order valence-corrected chi connectivity index (χ4v) is 4.16. The number of nitriles is 1. The number of nitrogens with one attached hydrogen (secondary N) is 2. The number of nitrogens with zero attached hydrogens (tertiary/aromatic N) is 1. The van der Waals surface area contributed by atoms with Crippen molar-refractivity contribution in [3.05, 3.63) is 95.1 Å². The smallest absolute Gasteiger partial charge is 0.126 e. The van der Waals surface area contributed by atoms with E-state index in [0.29, 0.717) is 17.7 Å². The second-order valence-corrected chi connectivity index (χ2v) is 8.41. The normalized spacial score (nSPS) is 12.1. The van der Waals surface area contributed by atoms with E-state index < -0.39 is 23.8 Å². The molecule has 35 heavy (non-hydrogen) atoms. The minimum absolute atomic E-state index is 0.210. The van der Waals surface area contributed by atoms with E-state index in [4.69, 9.17) is 10.00 Å². The molecule has 3 aromatic rings. The van der Waals surface area contributed by atoms with Crippen molar-refractivity contribution in [1.29, 1.82) is 5.26 Å². The molecule has 2 atom stereocenters. The second kappa shape index (κ2) is 15.1. The monoisotopic (exact) mass is 499 g/mol. The fourth-order valence-electron chi connectivity index (χ4n) is 3.30. The quantitative estimate of drug-likeness (QED) is 0.314. The lowest BCUT2D eigenvalue weighted by Gasteiger charge is -2.24. The first-order chi connectivity index (χ1) is 17.0. The first-order valence-electron chi connectivity index (χ1n) is 11.4. The molecule has 0 aliphatic carbocycles. The number of aliphatic hydroxyl groups excluding tert-OH is 1. The molecule has 0 aliphatic rings. The van der Waals surface area contributed by atoms with E-state index in [1.807, 2.05) is 44.2 Å². The van der Waals surface area contributed by atoms with Gasteiger partial charge in [0.2, 0.25) is 0 Å². The molecule has 0 fully saturated rings. The molecule has 3 aromatic carbocycles. The third-order valence-corrected chi connectivity index (χ3v) is 5.86. The molecule has 0 aliphatic heterocycles. The number of benzene rings is 3. The molecule has 0 radical (unpaired) electrons. The lowest BCUT2D eigenvalue weighted by molar-refractivity contribution is 0.136. The standard InChI is InChI=1S/C25H25F2N3O2S.C2H6/c1-32-22-6-2-5-18(10-22)15-29-16-25(31)24(12-19-8-20(26)13-21(27)9-19)30-33-23-7-3-4-17(11-23)14-28;1-2/h2-11,13,24-25,29-31H,12,15-16H2,1H3;1-2H3/t24-,25+;/m0./s1. The van der Waals surface area contributed by atoms with Crippen LogP contribution in [-0.4, -0.2) is 30.9 Å². The Kier molecular flexibility index (Phi) is 12.2. The van der Waals surface area contributed by atoms with E-state index in [9.17, 15) is 13.9 Å². The zero-order valence-electron chi connectivity index (χ0n) is 20.1. The molecular formula is C27H31F2N3O2S. The van der Waals surface area contributed by atoms with E-state index >= 15 is 0 Å². The minimum atomic E-state index is -0.853. The summed E-state index contributed by atoms with van der Waals surface area (Å²) < 4.78 is 35.8. The largest absolute Gasteiger partial charge is 0.497 e. The van der Waals surface area contributed by atoms with Gasteiger partial charge in [0.25, 0.3) is 0 Å². The molecule has 3 rings (SSSR count). The highest BCUT2D eigenvalue weighted by Gasteiger charge is 2.20. The van der Waals surface area contributed by atoms with Crippen LogP contribution in [-0.2, 0) is 13.0 Å². The molecular weight excluding hydrogens is 468 g/mol. The maximum absolute atomic E-state index is 13.7. The van der Waals surface area contributed by atoms with Crippen LogP contribution in [0, 0.1) is 23.0 Å². The van der Waals surface area contributed by atoms with Crippen molar-refractivity contribution < 1.29 is 18.6 Å². The van der Waals surface area contributed by atoms with Crippen LogP contribution < -0.4 is 14.8 Å². The molecule has 0 saturated heterocycles. The van der Waals surface area contributed by atoms with Gasteiger partial charge in [-0.2, -0.15) is 5.26 Å². The summed E-state index contributed by atoms with van der Waals surface area (Å²) in [7, 11) is 1.60. The number of halogens is 2. The average Bonchev–Trinajstić information content (AvgIpc) is 2.87. The Labute approximate surface area is 210 Å². The van der Waals surface area contributed by atoms with Gasteiger partial charge >= 0.3 is 0 Å². The third-order valence-electron chi connectivity index (χ3n) is 4.95. The summed E-state index contributed by atoms with van der Waals surface area (Å²) in [5.41, 5.74) is 1.95. The Morgan fingerprint density at radius 3 is 2.40 bits per heavy atom. The number of ether oxygens (including phenoxy) is 1. The zero-order valence-corrected chi connectivity index (χ0v) is 20.9. The number of hydrogen-bond donors (Lipinski definition) is 3. The van der Waals surface area contributed by atoms with Gasteiger partial charge < -0.3 is 15.2 Å². The molecule has 3 N–H and O–H groups in total. The molecule has 0 unspecified atom stereocenters. The van der Waals surface area contributed by atoms with Crippen LogP contribution in [0.3, 0.4) is 0 Å². The molecule has 8 heteroatoms. The Bertz CT molecular complexity index is 1090. The maximum atomic E-state index is 13.7. The zero-order chi connectivity index (χ0) is 25.6. The van der Waals surface area contributed by atoms with E-state index in [1.54, 1.807) is 25.3 Å². The summed E-state index contributed by atoms with van der Waals surface area (Å²) in [5.74, 6) is -0.578. The highest BCUT2D eigenvalue weighted by atomic mass is 32.2. The molecule has 0 aromatic heterocycles. The van der Waals surface area contributed by atoms with Crippen LogP contribution in [0.1, 0.15) is 30.5 Å². The number of aliphatic hydroxyl groups is 1. The molecule has 186 valence electrons. The van der Waals surface area contributed by atoms with Crippen molar-refractivity contribution in [2.45, 2.75) is 43.9 Å². The predicted molar refractivity (Wildman–Crippen MR) is 136 cm³/mol. The van der Waals surface area contributed by atoms with Gasteiger partial charge in [0, 0.05) is 30.1 Å². The molecule has 0 spiro atoms. The SMILES string of the molecule is CC.COc1cccc(CNC[C@@H](O)[C@H](Cc2cc(F)cc(F)c2)NSc2cccc(C#N)c2)c1. The van der Waals surface area contributed by atoms with Gasteiger partial charge in [0.15, 0.2) is 0 Å². The van der Waals surface area contributed by atoms with Crippen molar-refractivity contribution >= 4 is 11.9 Å². The number of hydrogen-bond acceptors (Lipinski definition) is 6. The van der Waals surface area contributed by atoms with Crippen molar-refractivity contribution in [3.8, 4) is 11.8 Å². The highest BCUT2D eigenvalue weighted by molar-refractivity contribution is 7.97. The van der Waals surface area contributed by atoms with Gasteiger partial charge in [0.1, 0.15) is 17.4 Å². The molecule has 0 bridgehead atoms. The summed E-state index contributed by atoms with van der Waals surface area (Å²) in [5, 5.41) is 23.2. The van der Waals surface area contributed by atoms with Crippen LogP contribution in [0.15, 0.2) is 71.6 Å². The first-order valence-corrected chi connectivity index (χ1v) is 12.2. The van der Waals surface area contributed by atoms with E-state index in [-0.39, 0.29) is 13.0 Å². The van der Waals surface area contributed by atoms with Gasteiger partial charge in [-0.3, -0.25) is 4.72 Å². The summed E-state index contributed by atoms with van der Waals surface area (Å²) in [6, 6.07) is 19.6. The maximum Gasteiger partial charge on any atom is 0.126 e. The highest BCUT2D eigenvalue weighted by Crippen LogP contribution is 2.20. The van der Waals surface area contributed by atoms with E-state index in [2.05, 4.69) is 16.1 Å². The first kappa shape index (κ1) is 28.3. The Morgan fingerprint density at radius 2 is 1.71 bits per heavy atom. The topological polar surface area (TPSA) is 77.3 Å². The van der Waals surface area contributed by atoms with Gasteiger partial charge in [-0.05, 0) is 72.0 Å². The van der Waals surface area contributed by atoms with Gasteiger partial charge in [-0.25, -0.2) is 8.78 Å². The minimum Gasteiger partial charge on any atom is -0.497 e. The van der Waals surface area contributed by atoms with E-state index in [0.717, 1.165) is 22.3 Å². The second-order valence-electron chi connectivity index (χ2n) is 7.50. The number of rotatable bonds is 11. The average molecular weight is 500 g/mol. The van der Waals surface area contributed by atoms with Crippen molar-refractivity contribution in [1.82, 2.24) is 10.0 Å². The predicted octanol–water partition coefficient (Wildman–Crippen LogP) is 5.23. The molecule has 0 amide bonds. The van der Waals surface area contributed by atoms with Gasteiger partial charge in [-0.1, -0.05) is 32.0 Å². The fraction of sp³-hybridized carbons (Fsp3) is 0.296. The summed E-state index contributed by atoms with van der Waals surface area (Å²) >= 11 is 1.26. The van der Waals surface area contributed by atoms with E-state index in [1.165, 1.54) is 24.1 Å². The summed E-state index contributed by atoms with van der Waals surface area (Å²) in [6.45, 7) is 4.78. The Balaban J connectivity index is 0.00000210.